The van der Waals surface area contributed by atoms with Crippen LogP contribution in [0.1, 0.15) is 76.6 Å². The second-order valence-corrected chi connectivity index (χ2v) is 10.5. The third kappa shape index (κ3) is 5.84. The molecule has 3 aromatic rings. The van der Waals surface area contributed by atoms with E-state index in [1.807, 2.05) is 36.1 Å². The molecule has 0 bridgehead atoms. The number of carbonyl (C=O) groups excluding carboxylic acids is 2. The van der Waals surface area contributed by atoms with Gasteiger partial charge in [-0.25, -0.2) is 0 Å². The first-order valence-corrected chi connectivity index (χ1v) is 13.7. The minimum atomic E-state index is -0.102. The molecule has 0 spiro atoms. The van der Waals surface area contributed by atoms with Crippen LogP contribution < -0.4 is 0 Å². The van der Waals surface area contributed by atoms with Crippen LogP contribution in [0.5, 0.6) is 0 Å². The topological polar surface area (TPSA) is 40.6 Å². The van der Waals surface area contributed by atoms with Crippen LogP contribution in [0.15, 0.2) is 60.0 Å². The van der Waals surface area contributed by atoms with Crippen LogP contribution in [-0.4, -0.2) is 41.2 Å². The molecule has 0 fully saturated rings. The Hall–Kier alpha value is -2.92. The van der Waals surface area contributed by atoms with Crippen molar-refractivity contribution in [2.75, 3.05) is 19.6 Å². The number of hydrogen-bond donors (Lipinski definition) is 0. The molecule has 0 N–H and O–H groups in total. The molecule has 1 aliphatic heterocycles. The second kappa shape index (κ2) is 11.7. The number of unbranched alkanes of at least 4 members (excludes halogenated alkanes) is 1. The fourth-order valence-electron chi connectivity index (χ4n) is 4.85. The summed E-state index contributed by atoms with van der Waals surface area (Å²) in [6.45, 7) is 7.65. The van der Waals surface area contributed by atoms with Crippen molar-refractivity contribution < 1.29 is 9.59 Å². The molecular formula is C30H36N2O2S. The van der Waals surface area contributed by atoms with Gasteiger partial charge in [-0.15, -0.1) is 11.3 Å². The van der Waals surface area contributed by atoms with Crippen molar-refractivity contribution in [1.82, 2.24) is 9.80 Å². The quantitative estimate of drug-likeness (QED) is 0.348. The van der Waals surface area contributed by atoms with E-state index < -0.39 is 0 Å². The molecule has 35 heavy (non-hydrogen) atoms. The van der Waals surface area contributed by atoms with E-state index in [0.717, 1.165) is 37.7 Å². The summed E-state index contributed by atoms with van der Waals surface area (Å²) in [5, 5.41) is 2.12. The zero-order valence-corrected chi connectivity index (χ0v) is 21.9. The van der Waals surface area contributed by atoms with Gasteiger partial charge in [0, 0.05) is 23.5 Å². The SMILES string of the molecule is CCCCc1ccc(C(=O)N(CCC)CC(=O)N2CCc3sccc3C2c2ccc(C)cc2)cc1. The molecule has 2 amide bonds. The molecule has 1 aromatic heterocycles. The predicted molar refractivity (Wildman–Crippen MR) is 144 cm³/mol. The van der Waals surface area contributed by atoms with Crippen molar-refractivity contribution >= 4 is 23.2 Å². The fourth-order valence-corrected chi connectivity index (χ4v) is 5.75. The van der Waals surface area contributed by atoms with E-state index >= 15 is 0 Å². The Balaban J connectivity index is 1.54. The number of hydrogen-bond acceptors (Lipinski definition) is 3. The van der Waals surface area contributed by atoms with E-state index in [1.54, 1.807) is 16.2 Å². The van der Waals surface area contributed by atoms with Gasteiger partial charge in [-0.05, 0) is 72.9 Å². The van der Waals surface area contributed by atoms with Gasteiger partial charge in [-0.1, -0.05) is 62.2 Å². The van der Waals surface area contributed by atoms with E-state index in [-0.39, 0.29) is 24.4 Å². The molecule has 1 aliphatic rings. The minimum Gasteiger partial charge on any atom is -0.330 e. The van der Waals surface area contributed by atoms with Crippen LogP contribution in [-0.2, 0) is 17.6 Å². The molecule has 0 radical (unpaired) electrons. The van der Waals surface area contributed by atoms with Crippen molar-refractivity contribution in [2.45, 2.75) is 58.9 Å². The largest absolute Gasteiger partial charge is 0.330 e. The molecule has 0 aliphatic carbocycles. The van der Waals surface area contributed by atoms with Gasteiger partial charge >= 0.3 is 0 Å². The van der Waals surface area contributed by atoms with Gasteiger partial charge < -0.3 is 9.80 Å². The van der Waals surface area contributed by atoms with Gasteiger partial charge in [-0.3, -0.25) is 9.59 Å². The lowest BCUT2D eigenvalue weighted by Gasteiger charge is -2.37. The molecule has 4 rings (SSSR count). The van der Waals surface area contributed by atoms with Gasteiger partial charge in [0.1, 0.15) is 6.54 Å². The Morgan fingerprint density at radius 2 is 1.74 bits per heavy atom. The number of amides is 2. The third-order valence-electron chi connectivity index (χ3n) is 6.81. The van der Waals surface area contributed by atoms with Crippen LogP contribution in [0, 0.1) is 6.92 Å². The van der Waals surface area contributed by atoms with Crippen LogP contribution >= 0.6 is 11.3 Å². The Morgan fingerprint density at radius 1 is 1.00 bits per heavy atom. The first kappa shape index (κ1) is 25.2. The monoisotopic (exact) mass is 488 g/mol. The highest BCUT2D eigenvalue weighted by Crippen LogP contribution is 2.38. The Kier molecular flexibility index (Phi) is 8.40. The molecule has 1 atom stereocenters. The molecule has 2 heterocycles. The third-order valence-corrected chi connectivity index (χ3v) is 7.80. The van der Waals surface area contributed by atoms with Crippen molar-refractivity contribution in [3.8, 4) is 0 Å². The van der Waals surface area contributed by atoms with E-state index in [1.165, 1.54) is 21.6 Å². The Bertz CT molecular complexity index is 1130. The van der Waals surface area contributed by atoms with Crippen molar-refractivity contribution in [1.29, 1.82) is 0 Å². The fraction of sp³-hybridized carbons (Fsp3) is 0.400. The van der Waals surface area contributed by atoms with E-state index in [0.29, 0.717) is 18.7 Å². The molecule has 184 valence electrons. The molecular weight excluding hydrogens is 452 g/mol. The summed E-state index contributed by atoms with van der Waals surface area (Å²) in [5.41, 5.74) is 5.45. The lowest BCUT2D eigenvalue weighted by atomic mass is 9.92. The number of thiophene rings is 1. The maximum absolute atomic E-state index is 13.7. The maximum atomic E-state index is 13.7. The summed E-state index contributed by atoms with van der Waals surface area (Å²) >= 11 is 1.77. The smallest absolute Gasteiger partial charge is 0.254 e. The zero-order chi connectivity index (χ0) is 24.8. The van der Waals surface area contributed by atoms with Crippen molar-refractivity contribution in [3.05, 3.63) is 92.7 Å². The Labute approximate surface area is 213 Å². The molecule has 0 saturated carbocycles. The number of rotatable bonds is 9. The number of carbonyl (C=O) groups is 2. The highest BCUT2D eigenvalue weighted by molar-refractivity contribution is 7.10. The van der Waals surface area contributed by atoms with Gasteiger partial charge in [0.25, 0.3) is 5.91 Å². The van der Waals surface area contributed by atoms with Crippen LogP contribution in [0.4, 0.5) is 0 Å². The average molecular weight is 489 g/mol. The molecule has 2 aromatic carbocycles. The second-order valence-electron chi connectivity index (χ2n) is 9.48. The van der Waals surface area contributed by atoms with E-state index in [9.17, 15) is 9.59 Å². The van der Waals surface area contributed by atoms with Gasteiger partial charge in [0.15, 0.2) is 0 Å². The highest BCUT2D eigenvalue weighted by atomic mass is 32.1. The van der Waals surface area contributed by atoms with E-state index in [4.69, 9.17) is 0 Å². The van der Waals surface area contributed by atoms with Crippen molar-refractivity contribution in [3.63, 3.8) is 0 Å². The predicted octanol–water partition coefficient (Wildman–Crippen LogP) is 6.43. The number of fused-ring (bicyclic) bond motifs is 1. The average Bonchev–Trinajstić information content (AvgIpc) is 3.36. The van der Waals surface area contributed by atoms with Crippen LogP contribution in [0.3, 0.4) is 0 Å². The van der Waals surface area contributed by atoms with Gasteiger partial charge in [0.05, 0.1) is 6.04 Å². The maximum Gasteiger partial charge on any atom is 0.254 e. The summed E-state index contributed by atoms with van der Waals surface area (Å²) in [4.78, 5) is 32.1. The minimum absolute atomic E-state index is 0.00814. The van der Waals surface area contributed by atoms with Crippen molar-refractivity contribution in [2.24, 2.45) is 0 Å². The zero-order valence-electron chi connectivity index (χ0n) is 21.1. The summed E-state index contributed by atoms with van der Waals surface area (Å²) in [6.07, 6.45) is 5.00. The Morgan fingerprint density at radius 3 is 2.43 bits per heavy atom. The number of benzene rings is 2. The first-order chi connectivity index (χ1) is 17.0. The standard InChI is InChI=1S/C30H36N2O2S/c1-4-6-7-23-10-14-25(15-11-23)30(34)31(18-5-2)21-28(33)32-19-16-27-26(17-20-35-27)29(32)24-12-8-22(3)9-13-24/h8-15,17,20,29H,4-7,16,18-19,21H2,1-3H3. The lowest BCUT2D eigenvalue weighted by Crippen LogP contribution is -2.47. The van der Waals surface area contributed by atoms with Crippen LogP contribution in [0.25, 0.3) is 0 Å². The molecule has 0 saturated heterocycles. The van der Waals surface area contributed by atoms with Gasteiger partial charge in [0.2, 0.25) is 5.91 Å². The number of nitrogens with zero attached hydrogens (tertiary/aromatic N) is 2. The summed E-state index contributed by atoms with van der Waals surface area (Å²) in [7, 11) is 0. The highest BCUT2D eigenvalue weighted by Gasteiger charge is 2.34. The van der Waals surface area contributed by atoms with Gasteiger partial charge in [-0.2, -0.15) is 0 Å². The summed E-state index contributed by atoms with van der Waals surface area (Å²) in [5.74, 6) is -0.0591. The van der Waals surface area contributed by atoms with E-state index in [2.05, 4.69) is 49.6 Å². The normalized spacial score (nSPS) is 15.1. The lowest BCUT2D eigenvalue weighted by molar-refractivity contribution is -0.134. The molecule has 4 nitrogen and oxygen atoms in total. The molecule has 1 unspecified atom stereocenters. The van der Waals surface area contributed by atoms with Crippen LogP contribution in [0.2, 0.25) is 0 Å². The summed E-state index contributed by atoms with van der Waals surface area (Å²) < 4.78 is 0. The number of aryl methyl sites for hydroxylation is 2. The summed E-state index contributed by atoms with van der Waals surface area (Å²) in [6, 6.07) is 18.4. The molecule has 5 heteroatoms. The first-order valence-electron chi connectivity index (χ1n) is 12.8.